The third-order valence-electron chi connectivity index (χ3n) is 7.32. The Morgan fingerprint density at radius 2 is 2.03 bits per heavy atom. The third-order valence-corrected chi connectivity index (χ3v) is 7.61. The molecule has 3 aliphatic rings. The second kappa shape index (κ2) is 9.26. The van der Waals surface area contributed by atoms with Crippen LogP contribution in [-0.2, 0) is 13.1 Å². The SMILES string of the molecule is CCCCOc1c2n(cc(C(=O)NCc3cc(Cl)c(F)cc3F)c1=O)C[C@H]1[C@@H]3CC[C@@H](C3)N1C2=O. The number of fused-ring (bicyclic) bond motifs is 6. The maximum Gasteiger partial charge on any atom is 0.275 e. The van der Waals surface area contributed by atoms with Crippen LogP contribution in [-0.4, -0.2) is 40.0 Å². The van der Waals surface area contributed by atoms with Crippen molar-refractivity contribution in [2.24, 2.45) is 5.92 Å². The quantitative estimate of drug-likeness (QED) is 0.457. The lowest BCUT2D eigenvalue weighted by Gasteiger charge is -2.40. The summed E-state index contributed by atoms with van der Waals surface area (Å²) in [4.78, 5) is 41.7. The summed E-state index contributed by atoms with van der Waals surface area (Å²) >= 11 is 5.73. The van der Waals surface area contributed by atoms with Crippen molar-refractivity contribution in [3.63, 3.8) is 0 Å². The maximum atomic E-state index is 14.1. The molecule has 2 aliphatic heterocycles. The van der Waals surface area contributed by atoms with Crippen LogP contribution in [0.4, 0.5) is 8.78 Å². The molecule has 2 fully saturated rings. The Morgan fingerprint density at radius 3 is 2.80 bits per heavy atom. The van der Waals surface area contributed by atoms with Gasteiger partial charge in [0.05, 0.1) is 17.7 Å². The van der Waals surface area contributed by atoms with Crippen molar-refractivity contribution in [2.75, 3.05) is 6.61 Å². The van der Waals surface area contributed by atoms with Crippen molar-refractivity contribution in [2.45, 2.75) is 64.2 Å². The molecule has 1 saturated heterocycles. The second-order valence-corrected chi connectivity index (χ2v) is 9.86. The number of halogens is 3. The van der Waals surface area contributed by atoms with E-state index in [1.165, 1.54) is 6.20 Å². The Kier molecular flexibility index (Phi) is 6.29. The molecule has 0 unspecified atom stereocenters. The van der Waals surface area contributed by atoms with Gasteiger partial charge in [0.25, 0.3) is 11.8 Å². The molecule has 1 aromatic carbocycles. The van der Waals surface area contributed by atoms with Crippen LogP contribution in [0, 0.1) is 17.6 Å². The summed E-state index contributed by atoms with van der Waals surface area (Å²) in [5.41, 5.74) is -0.713. The Bertz CT molecular complexity index is 1260. The number of ether oxygens (including phenoxy) is 1. The van der Waals surface area contributed by atoms with Gasteiger partial charge < -0.3 is 19.5 Å². The molecule has 1 aliphatic carbocycles. The topological polar surface area (TPSA) is 80.6 Å². The lowest BCUT2D eigenvalue weighted by atomic mass is 9.95. The minimum Gasteiger partial charge on any atom is -0.487 e. The van der Waals surface area contributed by atoms with Crippen LogP contribution >= 0.6 is 11.6 Å². The van der Waals surface area contributed by atoms with Crippen LogP contribution in [0.5, 0.6) is 5.75 Å². The van der Waals surface area contributed by atoms with E-state index < -0.39 is 23.0 Å². The van der Waals surface area contributed by atoms with Crippen molar-refractivity contribution in [3.05, 3.63) is 62.0 Å². The van der Waals surface area contributed by atoms with Gasteiger partial charge >= 0.3 is 0 Å². The van der Waals surface area contributed by atoms with Crippen LogP contribution in [0.15, 0.2) is 23.1 Å². The Hall–Kier alpha value is -2.94. The number of piperidine rings is 1. The number of rotatable bonds is 7. The van der Waals surface area contributed by atoms with Gasteiger partial charge in [-0.15, -0.1) is 0 Å². The number of pyridine rings is 1. The average Bonchev–Trinajstić information content (AvgIpc) is 3.44. The molecular formula is C25H26ClF2N3O4. The maximum absolute atomic E-state index is 14.1. The van der Waals surface area contributed by atoms with Gasteiger partial charge in [0.2, 0.25) is 5.43 Å². The Morgan fingerprint density at radius 1 is 1.23 bits per heavy atom. The lowest BCUT2D eigenvalue weighted by Crippen LogP contribution is -2.52. The fourth-order valence-electron chi connectivity index (χ4n) is 5.56. The normalized spacial score (nSPS) is 22.2. The summed E-state index contributed by atoms with van der Waals surface area (Å²) < 4.78 is 35.0. The highest BCUT2D eigenvalue weighted by Gasteiger charge is 2.51. The van der Waals surface area contributed by atoms with E-state index in [0.29, 0.717) is 24.9 Å². The van der Waals surface area contributed by atoms with Crippen molar-refractivity contribution in [3.8, 4) is 5.75 Å². The standard InChI is InChI=1S/C25H26ClF2N3O4/c1-2-3-6-35-23-21-25(34)31-15-5-4-13(7-15)20(31)12-30(21)11-16(22(23)32)24(33)29-10-14-8-17(26)19(28)9-18(14)27/h8-9,11,13,15,20H,2-7,10,12H2,1H3,(H,29,33)/t13-,15+,20+/m1/s1. The molecule has 186 valence electrons. The predicted octanol–water partition coefficient (Wildman–Crippen LogP) is 3.90. The number of nitrogens with one attached hydrogen (secondary N) is 1. The van der Waals surface area contributed by atoms with E-state index >= 15 is 0 Å². The molecule has 0 radical (unpaired) electrons. The molecule has 1 N–H and O–H groups in total. The first-order chi connectivity index (χ1) is 16.8. The highest BCUT2D eigenvalue weighted by atomic mass is 35.5. The number of aromatic nitrogens is 1. The second-order valence-electron chi connectivity index (χ2n) is 9.45. The van der Waals surface area contributed by atoms with Crippen LogP contribution in [0.3, 0.4) is 0 Å². The molecule has 3 atom stereocenters. The van der Waals surface area contributed by atoms with Gasteiger partial charge in [0, 0.05) is 37.0 Å². The molecule has 3 heterocycles. The highest BCUT2D eigenvalue weighted by Crippen LogP contribution is 2.46. The lowest BCUT2D eigenvalue weighted by molar-refractivity contribution is 0.0479. The molecule has 7 nitrogen and oxygen atoms in total. The molecule has 5 rings (SSSR count). The Labute approximate surface area is 206 Å². The number of nitrogens with zero attached hydrogens (tertiary/aromatic N) is 2. The molecule has 1 saturated carbocycles. The zero-order chi connectivity index (χ0) is 24.9. The Balaban J connectivity index is 1.48. The number of hydrogen-bond acceptors (Lipinski definition) is 4. The van der Waals surface area contributed by atoms with E-state index in [2.05, 4.69) is 5.32 Å². The largest absolute Gasteiger partial charge is 0.487 e. The van der Waals surface area contributed by atoms with E-state index in [0.717, 1.165) is 31.7 Å². The molecule has 1 aromatic heterocycles. The van der Waals surface area contributed by atoms with Gasteiger partial charge in [0.15, 0.2) is 11.4 Å². The summed E-state index contributed by atoms with van der Waals surface area (Å²) in [7, 11) is 0. The summed E-state index contributed by atoms with van der Waals surface area (Å²) in [5.74, 6) is -2.45. The molecule has 2 bridgehead atoms. The molecule has 0 spiro atoms. The van der Waals surface area contributed by atoms with Crippen molar-refractivity contribution >= 4 is 23.4 Å². The van der Waals surface area contributed by atoms with Gasteiger partial charge in [-0.25, -0.2) is 8.78 Å². The summed E-state index contributed by atoms with van der Waals surface area (Å²) in [6, 6.07) is 1.95. The minimum absolute atomic E-state index is 0.0185. The average molecular weight is 506 g/mol. The molecular weight excluding hydrogens is 480 g/mol. The van der Waals surface area contributed by atoms with Crippen LogP contribution in [0.1, 0.15) is 65.4 Å². The third kappa shape index (κ3) is 4.09. The van der Waals surface area contributed by atoms with Crippen LogP contribution in [0.2, 0.25) is 5.02 Å². The molecule has 10 heteroatoms. The number of amides is 2. The minimum atomic E-state index is -0.902. The van der Waals surface area contributed by atoms with E-state index in [-0.39, 0.29) is 58.7 Å². The summed E-state index contributed by atoms with van der Waals surface area (Å²) in [6.07, 6.45) is 5.91. The van der Waals surface area contributed by atoms with E-state index in [1.807, 2.05) is 11.8 Å². The van der Waals surface area contributed by atoms with E-state index in [4.69, 9.17) is 16.3 Å². The molecule has 2 amide bonds. The molecule has 2 aromatic rings. The van der Waals surface area contributed by atoms with Crippen LogP contribution in [0.25, 0.3) is 0 Å². The van der Waals surface area contributed by atoms with Gasteiger partial charge in [-0.05, 0) is 37.7 Å². The van der Waals surface area contributed by atoms with Crippen molar-refractivity contribution in [1.29, 1.82) is 0 Å². The highest BCUT2D eigenvalue weighted by molar-refractivity contribution is 6.30. The zero-order valence-corrected chi connectivity index (χ0v) is 20.0. The van der Waals surface area contributed by atoms with Gasteiger partial charge in [-0.1, -0.05) is 24.9 Å². The number of benzene rings is 1. The smallest absolute Gasteiger partial charge is 0.275 e. The van der Waals surface area contributed by atoms with Crippen LogP contribution < -0.4 is 15.5 Å². The number of hydrogen-bond donors (Lipinski definition) is 1. The number of carbonyl (C=O) groups excluding carboxylic acids is 2. The fraction of sp³-hybridized carbons (Fsp3) is 0.480. The zero-order valence-electron chi connectivity index (χ0n) is 19.3. The number of carbonyl (C=O) groups is 2. The fourth-order valence-corrected chi connectivity index (χ4v) is 5.74. The van der Waals surface area contributed by atoms with Gasteiger partial charge in [-0.2, -0.15) is 0 Å². The summed E-state index contributed by atoms with van der Waals surface area (Å²) in [6.45, 7) is 2.41. The van der Waals surface area contributed by atoms with E-state index in [9.17, 15) is 23.2 Å². The number of unbranched alkanes of at least 4 members (excludes halogenated alkanes) is 1. The van der Waals surface area contributed by atoms with Gasteiger partial charge in [0.1, 0.15) is 17.2 Å². The van der Waals surface area contributed by atoms with Gasteiger partial charge in [-0.3, -0.25) is 14.4 Å². The van der Waals surface area contributed by atoms with Crippen molar-refractivity contribution < 1.29 is 23.1 Å². The van der Waals surface area contributed by atoms with Crippen molar-refractivity contribution in [1.82, 2.24) is 14.8 Å². The van der Waals surface area contributed by atoms with E-state index in [1.54, 1.807) is 4.57 Å². The molecule has 35 heavy (non-hydrogen) atoms. The predicted molar refractivity (Wildman–Crippen MR) is 125 cm³/mol. The first kappa shape index (κ1) is 23.8. The summed E-state index contributed by atoms with van der Waals surface area (Å²) in [5, 5.41) is 2.23. The monoisotopic (exact) mass is 505 g/mol. The first-order valence-electron chi connectivity index (χ1n) is 11.9. The first-order valence-corrected chi connectivity index (χ1v) is 12.3.